The Balaban J connectivity index is 1.95. The molecule has 1 aromatic heterocycles. The quantitative estimate of drug-likeness (QED) is 0.935. The molecule has 0 bridgehead atoms. The monoisotopic (exact) mass is 292 g/mol. The molecule has 1 aliphatic carbocycles. The van der Waals surface area contributed by atoms with Gasteiger partial charge in [0.15, 0.2) is 5.13 Å². The van der Waals surface area contributed by atoms with Crippen molar-refractivity contribution in [3.8, 4) is 0 Å². The highest BCUT2D eigenvalue weighted by Gasteiger charge is 2.32. The minimum atomic E-state index is -0.928. The number of halogens is 1. The third-order valence-corrected chi connectivity index (χ3v) is 4.44. The molecule has 0 spiro atoms. The molecule has 2 aromatic rings. The fourth-order valence-corrected chi connectivity index (χ4v) is 3.00. The molecular weight excluding hydrogens is 279 g/mol. The standard InChI is InChI=1S/C14H13FN2O2S/c1-17(10-6-4-9(15)5-7-10)14-16-11(8-2-3-8)12(20-14)13(18)19/h4-8H,2-3H2,1H3,(H,18,19). The predicted molar refractivity (Wildman–Crippen MR) is 75.5 cm³/mol. The first-order valence-electron chi connectivity index (χ1n) is 6.29. The molecule has 0 radical (unpaired) electrons. The van der Waals surface area contributed by atoms with Gasteiger partial charge in [-0.1, -0.05) is 11.3 Å². The zero-order chi connectivity index (χ0) is 14.3. The van der Waals surface area contributed by atoms with Gasteiger partial charge in [-0.2, -0.15) is 0 Å². The third-order valence-electron chi connectivity index (χ3n) is 3.30. The summed E-state index contributed by atoms with van der Waals surface area (Å²) >= 11 is 1.16. The van der Waals surface area contributed by atoms with E-state index in [4.69, 9.17) is 0 Å². The fraction of sp³-hybridized carbons (Fsp3) is 0.286. The summed E-state index contributed by atoms with van der Waals surface area (Å²) in [4.78, 5) is 17.8. The largest absolute Gasteiger partial charge is 0.477 e. The van der Waals surface area contributed by atoms with E-state index in [0.717, 1.165) is 29.9 Å². The Morgan fingerprint density at radius 2 is 2.05 bits per heavy atom. The van der Waals surface area contributed by atoms with Gasteiger partial charge >= 0.3 is 5.97 Å². The van der Waals surface area contributed by atoms with Crippen LogP contribution in [-0.2, 0) is 0 Å². The number of aromatic nitrogens is 1. The van der Waals surface area contributed by atoms with Gasteiger partial charge in [0, 0.05) is 18.7 Å². The Hall–Kier alpha value is -1.95. The van der Waals surface area contributed by atoms with Gasteiger partial charge in [0.25, 0.3) is 0 Å². The van der Waals surface area contributed by atoms with Crippen LogP contribution in [0, 0.1) is 5.82 Å². The van der Waals surface area contributed by atoms with E-state index in [1.807, 2.05) is 0 Å². The molecule has 1 N–H and O–H groups in total. The molecule has 4 nitrogen and oxygen atoms in total. The van der Waals surface area contributed by atoms with Gasteiger partial charge in [0.2, 0.25) is 0 Å². The van der Waals surface area contributed by atoms with Gasteiger partial charge in [0.05, 0.1) is 5.69 Å². The number of anilines is 2. The Bertz CT molecular complexity index is 650. The third kappa shape index (κ3) is 2.38. The van der Waals surface area contributed by atoms with Crippen LogP contribution in [0.15, 0.2) is 24.3 Å². The van der Waals surface area contributed by atoms with Crippen LogP contribution >= 0.6 is 11.3 Å². The summed E-state index contributed by atoms with van der Waals surface area (Å²) in [6.45, 7) is 0. The highest BCUT2D eigenvalue weighted by atomic mass is 32.1. The van der Waals surface area contributed by atoms with Crippen LogP contribution in [-0.4, -0.2) is 23.1 Å². The summed E-state index contributed by atoms with van der Waals surface area (Å²) in [7, 11) is 1.80. The topological polar surface area (TPSA) is 53.4 Å². The maximum absolute atomic E-state index is 12.9. The summed E-state index contributed by atoms with van der Waals surface area (Å²) in [6, 6.07) is 6.04. The van der Waals surface area contributed by atoms with Gasteiger partial charge in [-0.25, -0.2) is 14.2 Å². The predicted octanol–water partition coefficient (Wildman–Crippen LogP) is 3.63. The molecule has 104 valence electrons. The van der Waals surface area contributed by atoms with Crippen molar-refractivity contribution in [2.45, 2.75) is 18.8 Å². The van der Waals surface area contributed by atoms with E-state index in [0.29, 0.717) is 15.7 Å². The number of nitrogens with zero attached hydrogens (tertiary/aromatic N) is 2. The smallest absolute Gasteiger partial charge is 0.347 e. The van der Waals surface area contributed by atoms with Crippen LogP contribution in [0.5, 0.6) is 0 Å². The molecule has 0 unspecified atom stereocenters. The Morgan fingerprint density at radius 1 is 1.40 bits per heavy atom. The van der Waals surface area contributed by atoms with Gasteiger partial charge in [-0.3, -0.25) is 0 Å². The number of thiazole rings is 1. The first kappa shape index (κ1) is 13.1. The van der Waals surface area contributed by atoms with Crippen molar-refractivity contribution in [2.75, 3.05) is 11.9 Å². The number of aromatic carboxylic acids is 1. The molecule has 0 aliphatic heterocycles. The van der Waals surface area contributed by atoms with E-state index >= 15 is 0 Å². The lowest BCUT2D eigenvalue weighted by Crippen LogP contribution is -2.08. The van der Waals surface area contributed by atoms with E-state index < -0.39 is 5.97 Å². The molecule has 0 saturated heterocycles. The Morgan fingerprint density at radius 3 is 2.60 bits per heavy atom. The number of carboxylic acid groups (broad SMARTS) is 1. The summed E-state index contributed by atoms with van der Waals surface area (Å²) in [6.07, 6.45) is 2.01. The van der Waals surface area contributed by atoms with Crippen molar-refractivity contribution in [1.29, 1.82) is 0 Å². The minimum absolute atomic E-state index is 0.285. The molecule has 1 aliphatic rings. The molecule has 6 heteroatoms. The maximum atomic E-state index is 12.9. The number of carbonyl (C=O) groups is 1. The van der Waals surface area contributed by atoms with E-state index in [9.17, 15) is 14.3 Å². The molecule has 1 aromatic carbocycles. The molecule has 0 atom stereocenters. The van der Waals surface area contributed by atoms with Crippen LogP contribution in [0.4, 0.5) is 15.2 Å². The summed E-state index contributed by atoms with van der Waals surface area (Å²) in [5, 5.41) is 9.87. The highest BCUT2D eigenvalue weighted by Crippen LogP contribution is 2.44. The second-order valence-electron chi connectivity index (χ2n) is 4.83. The lowest BCUT2D eigenvalue weighted by molar-refractivity contribution is 0.0700. The highest BCUT2D eigenvalue weighted by molar-refractivity contribution is 7.17. The second-order valence-corrected chi connectivity index (χ2v) is 5.80. The van der Waals surface area contributed by atoms with E-state index in [1.165, 1.54) is 12.1 Å². The number of hydrogen-bond donors (Lipinski definition) is 1. The van der Waals surface area contributed by atoms with E-state index in [2.05, 4.69) is 4.98 Å². The number of hydrogen-bond acceptors (Lipinski definition) is 4. The SMILES string of the molecule is CN(c1ccc(F)cc1)c1nc(C2CC2)c(C(=O)O)s1. The average Bonchev–Trinajstić information content (AvgIpc) is 3.17. The molecule has 1 saturated carbocycles. The summed E-state index contributed by atoms with van der Waals surface area (Å²) in [5.74, 6) is -0.943. The van der Waals surface area contributed by atoms with Gasteiger partial charge < -0.3 is 10.0 Å². The second kappa shape index (κ2) is 4.86. The molecule has 1 fully saturated rings. The zero-order valence-electron chi connectivity index (χ0n) is 10.8. The molecule has 1 heterocycles. The van der Waals surface area contributed by atoms with Crippen molar-refractivity contribution in [3.63, 3.8) is 0 Å². The normalized spacial score (nSPS) is 14.3. The molecule has 20 heavy (non-hydrogen) atoms. The number of rotatable bonds is 4. The van der Waals surface area contributed by atoms with Crippen molar-refractivity contribution in [3.05, 3.63) is 40.7 Å². The number of benzene rings is 1. The fourth-order valence-electron chi connectivity index (χ4n) is 2.03. The van der Waals surface area contributed by atoms with Crippen molar-refractivity contribution >= 4 is 28.1 Å². The molecular formula is C14H13FN2O2S. The van der Waals surface area contributed by atoms with Crippen LogP contribution in [0.3, 0.4) is 0 Å². The van der Waals surface area contributed by atoms with Crippen LogP contribution in [0.2, 0.25) is 0 Å². The Kier molecular flexibility index (Phi) is 3.17. The minimum Gasteiger partial charge on any atom is -0.477 e. The summed E-state index contributed by atoms with van der Waals surface area (Å²) in [5.41, 5.74) is 1.46. The van der Waals surface area contributed by atoms with E-state index in [-0.39, 0.29) is 11.7 Å². The molecule has 0 amide bonds. The molecule has 3 rings (SSSR count). The van der Waals surface area contributed by atoms with Gasteiger partial charge in [0.1, 0.15) is 10.7 Å². The Labute approximate surface area is 119 Å². The van der Waals surface area contributed by atoms with Crippen molar-refractivity contribution in [2.24, 2.45) is 0 Å². The first-order valence-corrected chi connectivity index (χ1v) is 7.11. The van der Waals surface area contributed by atoms with Crippen LogP contribution in [0.25, 0.3) is 0 Å². The van der Waals surface area contributed by atoms with Crippen molar-refractivity contribution in [1.82, 2.24) is 4.98 Å². The van der Waals surface area contributed by atoms with Gasteiger partial charge in [-0.05, 0) is 37.1 Å². The van der Waals surface area contributed by atoms with Crippen molar-refractivity contribution < 1.29 is 14.3 Å². The number of carboxylic acids is 1. The van der Waals surface area contributed by atoms with Crippen LogP contribution in [0.1, 0.15) is 34.1 Å². The van der Waals surface area contributed by atoms with Crippen LogP contribution < -0.4 is 4.90 Å². The lowest BCUT2D eigenvalue weighted by atomic mass is 10.2. The summed E-state index contributed by atoms with van der Waals surface area (Å²) < 4.78 is 12.9. The first-order chi connectivity index (χ1) is 9.56. The maximum Gasteiger partial charge on any atom is 0.347 e. The van der Waals surface area contributed by atoms with Gasteiger partial charge in [-0.15, -0.1) is 0 Å². The lowest BCUT2D eigenvalue weighted by Gasteiger charge is -2.15. The zero-order valence-corrected chi connectivity index (χ0v) is 11.7. The average molecular weight is 292 g/mol. The van der Waals surface area contributed by atoms with E-state index in [1.54, 1.807) is 24.1 Å².